The molecule has 5 nitrogen and oxygen atoms in total. The van der Waals surface area contributed by atoms with Gasteiger partial charge in [0.2, 0.25) is 5.91 Å². The number of Topliss-reactive ketones (excluding diaryl/α,β-unsaturated/α-hetero) is 1. The SMILES string of the molecule is Cc1cccc(C(=O)C[C@H]2CCC[C@]3(CCN(c4cncc(F)c4)C3=O)C2)n1. The van der Waals surface area contributed by atoms with E-state index in [4.69, 9.17) is 0 Å². The van der Waals surface area contributed by atoms with Crippen LogP contribution >= 0.6 is 0 Å². The van der Waals surface area contributed by atoms with Gasteiger partial charge >= 0.3 is 0 Å². The molecule has 146 valence electrons. The summed E-state index contributed by atoms with van der Waals surface area (Å²) in [5, 5.41) is 0. The summed E-state index contributed by atoms with van der Waals surface area (Å²) >= 11 is 0. The van der Waals surface area contributed by atoms with Crippen molar-refractivity contribution in [1.82, 2.24) is 9.97 Å². The van der Waals surface area contributed by atoms with Crippen molar-refractivity contribution in [3.63, 3.8) is 0 Å². The first kappa shape index (κ1) is 18.7. The molecule has 1 aliphatic carbocycles. The van der Waals surface area contributed by atoms with Crippen molar-refractivity contribution in [2.24, 2.45) is 11.3 Å². The second-order valence-corrected chi connectivity index (χ2v) is 8.10. The maximum absolute atomic E-state index is 13.5. The van der Waals surface area contributed by atoms with Gasteiger partial charge in [-0.2, -0.15) is 0 Å². The van der Waals surface area contributed by atoms with Crippen LogP contribution in [0.3, 0.4) is 0 Å². The molecule has 4 rings (SSSR count). The second kappa shape index (κ2) is 7.41. The van der Waals surface area contributed by atoms with Crippen molar-refractivity contribution in [2.45, 2.75) is 45.4 Å². The summed E-state index contributed by atoms with van der Waals surface area (Å²) in [7, 11) is 0. The van der Waals surface area contributed by atoms with E-state index in [-0.39, 0.29) is 17.6 Å². The third-order valence-corrected chi connectivity index (χ3v) is 6.11. The van der Waals surface area contributed by atoms with Crippen LogP contribution in [0.4, 0.5) is 10.1 Å². The van der Waals surface area contributed by atoms with Gasteiger partial charge in [0.1, 0.15) is 11.5 Å². The smallest absolute Gasteiger partial charge is 0.233 e. The van der Waals surface area contributed by atoms with Crippen molar-refractivity contribution in [2.75, 3.05) is 11.4 Å². The predicted octanol–water partition coefficient (Wildman–Crippen LogP) is 4.11. The first-order valence-corrected chi connectivity index (χ1v) is 9.86. The summed E-state index contributed by atoms with van der Waals surface area (Å²) in [6.07, 6.45) is 7.27. The molecule has 1 amide bonds. The molecule has 1 saturated carbocycles. The lowest BCUT2D eigenvalue weighted by atomic mass is 9.67. The number of amides is 1. The molecule has 0 radical (unpaired) electrons. The maximum Gasteiger partial charge on any atom is 0.233 e. The first-order chi connectivity index (χ1) is 13.5. The predicted molar refractivity (Wildman–Crippen MR) is 103 cm³/mol. The molecule has 2 aromatic rings. The van der Waals surface area contributed by atoms with Gasteiger partial charge < -0.3 is 4.90 Å². The van der Waals surface area contributed by atoms with Crippen LogP contribution in [0.1, 0.15) is 54.7 Å². The van der Waals surface area contributed by atoms with E-state index in [0.717, 1.165) is 37.6 Å². The largest absolute Gasteiger partial charge is 0.310 e. The lowest BCUT2D eigenvalue weighted by Crippen LogP contribution is -2.38. The van der Waals surface area contributed by atoms with E-state index < -0.39 is 11.2 Å². The zero-order chi connectivity index (χ0) is 19.7. The molecular formula is C22H24FN3O2. The standard InChI is InChI=1S/C22H24FN3O2/c1-15-4-2-6-19(25-15)20(27)10-16-5-3-7-22(12-16)8-9-26(21(22)28)18-11-17(23)13-24-14-18/h2,4,6,11,13-14,16H,3,5,7-10,12H2,1H3/t16-,22+/m1/s1. The number of nitrogens with zero attached hydrogens (tertiary/aromatic N) is 3. The Hall–Kier alpha value is -2.63. The first-order valence-electron chi connectivity index (χ1n) is 9.86. The number of rotatable bonds is 4. The Labute approximate surface area is 164 Å². The summed E-state index contributed by atoms with van der Waals surface area (Å²) in [5.41, 5.74) is 1.42. The average molecular weight is 381 g/mol. The van der Waals surface area contributed by atoms with Crippen molar-refractivity contribution >= 4 is 17.4 Å². The Morgan fingerprint density at radius 3 is 2.96 bits per heavy atom. The van der Waals surface area contributed by atoms with Crippen molar-refractivity contribution < 1.29 is 14.0 Å². The molecular weight excluding hydrogens is 357 g/mol. The minimum Gasteiger partial charge on any atom is -0.310 e. The number of hydrogen-bond donors (Lipinski definition) is 0. The van der Waals surface area contributed by atoms with E-state index in [9.17, 15) is 14.0 Å². The van der Waals surface area contributed by atoms with Crippen LogP contribution in [0.2, 0.25) is 0 Å². The Morgan fingerprint density at radius 1 is 1.32 bits per heavy atom. The lowest BCUT2D eigenvalue weighted by molar-refractivity contribution is -0.128. The van der Waals surface area contributed by atoms with Gasteiger partial charge in [-0.05, 0) is 50.7 Å². The Balaban J connectivity index is 1.47. The Kier molecular flexibility index (Phi) is 4.96. The van der Waals surface area contributed by atoms with E-state index in [1.807, 2.05) is 19.1 Å². The number of halogens is 1. The number of carbonyl (C=O) groups excluding carboxylic acids is 2. The molecule has 3 heterocycles. The van der Waals surface area contributed by atoms with Crippen LogP contribution < -0.4 is 4.90 Å². The molecule has 0 aromatic carbocycles. The molecule has 2 atom stereocenters. The zero-order valence-electron chi connectivity index (χ0n) is 16.0. The van der Waals surface area contributed by atoms with Crippen LogP contribution in [0.25, 0.3) is 0 Å². The lowest BCUT2D eigenvalue weighted by Gasteiger charge is -2.36. The number of aromatic nitrogens is 2. The molecule has 28 heavy (non-hydrogen) atoms. The molecule has 6 heteroatoms. The van der Waals surface area contributed by atoms with Crippen LogP contribution in [-0.4, -0.2) is 28.2 Å². The fourth-order valence-electron chi connectivity index (χ4n) is 4.76. The summed E-state index contributed by atoms with van der Waals surface area (Å²) in [4.78, 5) is 35.7. The second-order valence-electron chi connectivity index (χ2n) is 8.10. The van der Waals surface area contributed by atoms with E-state index in [1.54, 1.807) is 11.0 Å². The highest BCUT2D eigenvalue weighted by atomic mass is 19.1. The number of aryl methyl sites for hydroxylation is 1. The summed E-state index contributed by atoms with van der Waals surface area (Å²) in [6, 6.07) is 6.84. The number of pyridine rings is 2. The van der Waals surface area contributed by atoms with Crippen LogP contribution in [-0.2, 0) is 4.79 Å². The van der Waals surface area contributed by atoms with Gasteiger partial charge in [0, 0.05) is 24.7 Å². The maximum atomic E-state index is 13.5. The van der Waals surface area contributed by atoms with Gasteiger partial charge in [-0.3, -0.25) is 19.6 Å². The Bertz CT molecular complexity index is 916. The highest BCUT2D eigenvalue weighted by Gasteiger charge is 2.49. The van der Waals surface area contributed by atoms with Gasteiger partial charge in [0.25, 0.3) is 0 Å². The summed E-state index contributed by atoms with van der Waals surface area (Å²) in [6.45, 7) is 2.45. The van der Waals surface area contributed by atoms with Gasteiger partial charge in [-0.1, -0.05) is 12.5 Å². The highest BCUT2D eigenvalue weighted by molar-refractivity contribution is 6.00. The topological polar surface area (TPSA) is 63.2 Å². The summed E-state index contributed by atoms with van der Waals surface area (Å²) < 4.78 is 13.5. The van der Waals surface area contributed by atoms with Crippen LogP contribution in [0.5, 0.6) is 0 Å². The molecule has 2 aliphatic rings. The quantitative estimate of drug-likeness (QED) is 0.748. The molecule has 2 aromatic heterocycles. The fraction of sp³-hybridized carbons (Fsp3) is 0.455. The van der Waals surface area contributed by atoms with E-state index in [1.165, 1.54) is 12.3 Å². The molecule has 2 fully saturated rings. The highest BCUT2D eigenvalue weighted by Crippen LogP contribution is 2.48. The average Bonchev–Trinajstić information content (AvgIpc) is 2.97. The van der Waals surface area contributed by atoms with Crippen molar-refractivity contribution in [1.29, 1.82) is 0 Å². The van der Waals surface area contributed by atoms with Gasteiger partial charge in [0.05, 0.1) is 23.5 Å². The number of carbonyl (C=O) groups is 2. The number of anilines is 1. The van der Waals surface area contributed by atoms with E-state index in [0.29, 0.717) is 30.8 Å². The third kappa shape index (κ3) is 3.55. The Morgan fingerprint density at radius 2 is 2.18 bits per heavy atom. The molecule has 1 aliphatic heterocycles. The van der Waals surface area contributed by atoms with Crippen LogP contribution in [0.15, 0.2) is 36.7 Å². The zero-order valence-corrected chi connectivity index (χ0v) is 16.0. The third-order valence-electron chi connectivity index (χ3n) is 6.11. The fourth-order valence-corrected chi connectivity index (χ4v) is 4.76. The molecule has 0 N–H and O–H groups in total. The van der Waals surface area contributed by atoms with Crippen LogP contribution in [0, 0.1) is 24.1 Å². The van der Waals surface area contributed by atoms with Gasteiger partial charge in [-0.15, -0.1) is 0 Å². The van der Waals surface area contributed by atoms with Crippen molar-refractivity contribution in [3.05, 3.63) is 53.9 Å². The van der Waals surface area contributed by atoms with Gasteiger partial charge in [-0.25, -0.2) is 4.39 Å². The van der Waals surface area contributed by atoms with Gasteiger partial charge in [0.15, 0.2) is 5.78 Å². The van der Waals surface area contributed by atoms with Crippen molar-refractivity contribution in [3.8, 4) is 0 Å². The van der Waals surface area contributed by atoms with E-state index >= 15 is 0 Å². The molecule has 0 unspecified atom stereocenters. The normalized spacial score (nSPS) is 24.7. The molecule has 1 spiro atoms. The molecule has 1 saturated heterocycles. The number of ketones is 1. The number of hydrogen-bond acceptors (Lipinski definition) is 4. The minimum atomic E-state index is -0.441. The monoisotopic (exact) mass is 381 g/mol. The minimum absolute atomic E-state index is 0.0439. The summed E-state index contributed by atoms with van der Waals surface area (Å²) in [5.74, 6) is -0.171. The van der Waals surface area contributed by atoms with E-state index in [2.05, 4.69) is 9.97 Å². The molecule has 0 bridgehead atoms.